The Morgan fingerprint density at radius 2 is 2.16 bits per heavy atom. The van der Waals surface area contributed by atoms with Crippen molar-refractivity contribution in [3.05, 3.63) is 58.9 Å². The minimum Gasteiger partial charge on any atom is -0.367 e. The predicted octanol–water partition coefficient (Wildman–Crippen LogP) is 3.93. The number of pyridine rings is 1. The zero-order valence-corrected chi connectivity index (χ0v) is 11.8. The molecule has 2 heterocycles. The Morgan fingerprint density at radius 1 is 1.32 bits per heavy atom. The third kappa shape index (κ3) is 2.74. The smallest absolute Gasteiger partial charge is 0.129 e. The quantitative estimate of drug-likeness (QED) is 0.770. The lowest BCUT2D eigenvalue weighted by Crippen LogP contribution is -2.33. The van der Waals surface area contributed by atoms with Crippen molar-refractivity contribution in [2.45, 2.75) is 19.9 Å². The lowest BCUT2D eigenvalue weighted by atomic mass is 9.93. The molecule has 1 aliphatic rings. The minimum atomic E-state index is 0.566. The number of fused-ring (bicyclic) bond motifs is 1. The first-order valence-corrected chi connectivity index (χ1v) is 7.03. The van der Waals surface area contributed by atoms with Gasteiger partial charge in [-0.1, -0.05) is 36.7 Å². The summed E-state index contributed by atoms with van der Waals surface area (Å²) in [6.45, 7) is 4.29. The van der Waals surface area contributed by atoms with E-state index in [1.807, 2.05) is 12.1 Å². The maximum Gasteiger partial charge on any atom is 0.129 e. The number of aromatic nitrogens is 1. The highest BCUT2D eigenvalue weighted by Crippen LogP contribution is 2.30. The monoisotopic (exact) mass is 272 g/mol. The van der Waals surface area contributed by atoms with Gasteiger partial charge in [0.05, 0.1) is 0 Å². The van der Waals surface area contributed by atoms with E-state index in [1.54, 1.807) is 6.20 Å². The fourth-order valence-corrected chi connectivity index (χ4v) is 3.01. The van der Waals surface area contributed by atoms with Crippen LogP contribution in [-0.4, -0.2) is 11.5 Å². The molecule has 0 amide bonds. The van der Waals surface area contributed by atoms with Gasteiger partial charge < -0.3 is 4.90 Å². The average Bonchev–Trinajstić information content (AvgIpc) is 2.38. The van der Waals surface area contributed by atoms with Gasteiger partial charge in [-0.25, -0.2) is 4.98 Å². The van der Waals surface area contributed by atoms with Gasteiger partial charge in [-0.05, 0) is 41.7 Å². The molecule has 1 aromatic heterocycles. The van der Waals surface area contributed by atoms with Crippen LogP contribution in [0.3, 0.4) is 0 Å². The summed E-state index contributed by atoms with van der Waals surface area (Å²) in [5.74, 6) is 0.687. The molecule has 2 nitrogen and oxygen atoms in total. The Labute approximate surface area is 119 Å². The second-order valence-electron chi connectivity index (χ2n) is 5.31. The molecular weight excluding hydrogens is 256 g/mol. The van der Waals surface area contributed by atoms with E-state index >= 15 is 0 Å². The first kappa shape index (κ1) is 12.5. The lowest BCUT2D eigenvalue weighted by molar-refractivity contribution is 0.530. The molecule has 1 unspecified atom stereocenters. The van der Waals surface area contributed by atoms with E-state index in [1.165, 1.54) is 23.2 Å². The van der Waals surface area contributed by atoms with Crippen LogP contribution in [0.15, 0.2) is 42.6 Å². The van der Waals surface area contributed by atoms with Crippen molar-refractivity contribution in [1.82, 2.24) is 4.98 Å². The van der Waals surface area contributed by atoms with Crippen LogP contribution in [0.4, 0.5) is 5.69 Å². The zero-order chi connectivity index (χ0) is 13.2. The molecule has 3 rings (SSSR count). The van der Waals surface area contributed by atoms with Gasteiger partial charge in [-0.3, -0.25) is 0 Å². The molecule has 0 fully saturated rings. The van der Waals surface area contributed by atoms with Crippen LogP contribution in [0, 0.1) is 5.92 Å². The van der Waals surface area contributed by atoms with Crippen LogP contribution in [0.1, 0.15) is 18.1 Å². The molecule has 0 saturated heterocycles. The number of hydrogen-bond acceptors (Lipinski definition) is 2. The van der Waals surface area contributed by atoms with E-state index in [2.05, 4.69) is 41.1 Å². The lowest BCUT2D eigenvalue weighted by Gasteiger charge is -2.35. The normalized spacial score (nSPS) is 18.2. The summed E-state index contributed by atoms with van der Waals surface area (Å²) in [4.78, 5) is 6.48. The Kier molecular flexibility index (Phi) is 3.43. The Hall–Kier alpha value is -1.54. The van der Waals surface area contributed by atoms with Crippen molar-refractivity contribution in [2.75, 3.05) is 11.4 Å². The van der Waals surface area contributed by atoms with E-state index in [9.17, 15) is 0 Å². The summed E-state index contributed by atoms with van der Waals surface area (Å²) in [5, 5.41) is 0.566. The summed E-state index contributed by atoms with van der Waals surface area (Å²) in [7, 11) is 0. The second kappa shape index (κ2) is 5.22. The van der Waals surface area contributed by atoms with E-state index in [4.69, 9.17) is 11.6 Å². The van der Waals surface area contributed by atoms with Crippen molar-refractivity contribution in [1.29, 1.82) is 0 Å². The topological polar surface area (TPSA) is 16.1 Å². The van der Waals surface area contributed by atoms with Gasteiger partial charge >= 0.3 is 0 Å². The molecule has 0 aliphatic carbocycles. The number of benzene rings is 1. The number of para-hydroxylation sites is 1. The summed E-state index contributed by atoms with van der Waals surface area (Å²) >= 11 is 5.96. The summed E-state index contributed by atoms with van der Waals surface area (Å²) in [6.07, 6.45) is 2.95. The Balaban J connectivity index is 1.89. The van der Waals surface area contributed by atoms with Crippen molar-refractivity contribution < 1.29 is 0 Å². The number of anilines is 1. The van der Waals surface area contributed by atoms with Gasteiger partial charge in [0, 0.05) is 25.0 Å². The van der Waals surface area contributed by atoms with Gasteiger partial charge in [0.15, 0.2) is 0 Å². The van der Waals surface area contributed by atoms with Gasteiger partial charge in [0.25, 0.3) is 0 Å². The van der Waals surface area contributed by atoms with Crippen molar-refractivity contribution in [3.63, 3.8) is 0 Å². The third-order valence-corrected chi connectivity index (χ3v) is 3.80. The van der Waals surface area contributed by atoms with Gasteiger partial charge in [-0.15, -0.1) is 0 Å². The van der Waals surface area contributed by atoms with Crippen molar-refractivity contribution in [3.8, 4) is 0 Å². The van der Waals surface area contributed by atoms with Crippen molar-refractivity contribution in [2.24, 2.45) is 5.92 Å². The molecule has 1 aromatic carbocycles. The molecule has 98 valence electrons. The van der Waals surface area contributed by atoms with Crippen molar-refractivity contribution >= 4 is 17.3 Å². The Morgan fingerprint density at radius 3 is 3.00 bits per heavy atom. The molecule has 1 aliphatic heterocycles. The fourth-order valence-electron chi connectivity index (χ4n) is 2.82. The molecule has 1 atom stereocenters. The average molecular weight is 273 g/mol. The number of hydrogen-bond donors (Lipinski definition) is 0. The summed E-state index contributed by atoms with van der Waals surface area (Å²) in [5.41, 5.74) is 4.01. The first-order valence-electron chi connectivity index (χ1n) is 6.65. The molecule has 0 radical (unpaired) electrons. The largest absolute Gasteiger partial charge is 0.367 e. The Bertz CT molecular complexity index is 582. The highest BCUT2D eigenvalue weighted by atomic mass is 35.5. The third-order valence-electron chi connectivity index (χ3n) is 3.60. The molecular formula is C16H17ClN2. The van der Waals surface area contributed by atoms with E-state index in [0.29, 0.717) is 11.1 Å². The van der Waals surface area contributed by atoms with Crippen LogP contribution in [0.5, 0.6) is 0 Å². The minimum absolute atomic E-state index is 0.566. The second-order valence-corrected chi connectivity index (χ2v) is 5.69. The molecule has 0 saturated carbocycles. The summed E-state index contributed by atoms with van der Waals surface area (Å²) < 4.78 is 0. The zero-order valence-electron chi connectivity index (χ0n) is 11.0. The van der Waals surface area contributed by atoms with E-state index in [-0.39, 0.29) is 0 Å². The highest BCUT2D eigenvalue weighted by molar-refractivity contribution is 6.29. The molecule has 0 N–H and O–H groups in total. The van der Waals surface area contributed by atoms with E-state index < -0.39 is 0 Å². The number of nitrogens with zero attached hydrogens (tertiary/aromatic N) is 2. The molecule has 0 spiro atoms. The van der Waals surface area contributed by atoms with Crippen LogP contribution in [-0.2, 0) is 13.0 Å². The highest BCUT2D eigenvalue weighted by Gasteiger charge is 2.21. The predicted molar refractivity (Wildman–Crippen MR) is 79.6 cm³/mol. The van der Waals surface area contributed by atoms with Gasteiger partial charge in [0.1, 0.15) is 5.15 Å². The van der Waals surface area contributed by atoms with Gasteiger partial charge in [-0.2, -0.15) is 0 Å². The maximum atomic E-state index is 5.96. The van der Waals surface area contributed by atoms with Crippen LogP contribution < -0.4 is 4.90 Å². The number of rotatable bonds is 2. The van der Waals surface area contributed by atoms with Gasteiger partial charge in [0.2, 0.25) is 0 Å². The van der Waals surface area contributed by atoms with Crippen LogP contribution in [0.25, 0.3) is 0 Å². The molecule has 2 aromatic rings. The van der Waals surface area contributed by atoms with Crippen LogP contribution >= 0.6 is 11.6 Å². The SMILES string of the molecule is CC1Cc2ccccc2N(Cc2ccnc(Cl)c2)C1. The van der Waals surface area contributed by atoms with E-state index in [0.717, 1.165) is 13.1 Å². The molecule has 0 bridgehead atoms. The molecule has 3 heteroatoms. The summed E-state index contributed by atoms with van der Waals surface area (Å²) in [6, 6.07) is 12.7. The van der Waals surface area contributed by atoms with Crippen LogP contribution in [0.2, 0.25) is 5.15 Å². The number of halogens is 1. The first-order chi connectivity index (χ1) is 9.22. The maximum absolute atomic E-state index is 5.96. The molecule has 19 heavy (non-hydrogen) atoms. The standard InChI is InChI=1S/C16H17ClN2/c1-12-8-14-4-2-3-5-15(14)19(10-12)11-13-6-7-18-16(17)9-13/h2-7,9,12H,8,10-11H2,1H3. The fraction of sp³-hybridized carbons (Fsp3) is 0.312.